The molecule has 0 amide bonds. The zero-order valence-corrected chi connectivity index (χ0v) is 17.1. The Hall–Kier alpha value is -3.65. The summed E-state index contributed by atoms with van der Waals surface area (Å²) in [5.74, 6) is -0.0695. The first-order valence-electron chi connectivity index (χ1n) is 9.08. The molecule has 1 heterocycles. The van der Waals surface area contributed by atoms with Gasteiger partial charge in [-0.1, -0.05) is 29.8 Å². The van der Waals surface area contributed by atoms with Crippen LogP contribution in [0.2, 0.25) is 0 Å². The van der Waals surface area contributed by atoms with Gasteiger partial charge in [0.1, 0.15) is 5.75 Å². The summed E-state index contributed by atoms with van der Waals surface area (Å²) in [7, 11) is -2.70. The molecule has 4 rings (SSSR count). The molecule has 0 saturated carbocycles. The van der Waals surface area contributed by atoms with Crippen LogP contribution in [-0.2, 0) is 10.0 Å². The molecule has 0 atom stereocenters. The lowest BCUT2D eigenvalue weighted by atomic mass is 10.2. The van der Waals surface area contributed by atoms with E-state index >= 15 is 0 Å². The summed E-state index contributed by atoms with van der Waals surface area (Å²) in [6.07, 6.45) is 0. The fraction of sp³-hybridized carbons (Fsp3) is 0.0909. The second-order valence-electron chi connectivity index (χ2n) is 6.72. The molecule has 3 aromatic carbocycles. The summed E-state index contributed by atoms with van der Waals surface area (Å²) in [4.78, 5) is 26.3. The van der Waals surface area contributed by atoms with Crippen molar-refractivity contribution in [2.45, 2.75) is 11.8 Å². The lowest BCUT2D eigenvalue weighted by molar-refractivity contribution is 0.0961. The van der Waals surface area contributed by atoms with Crippen molar-refractivity contribution in [2.24, 2.45) is 0 Å². The molecule has 1 aromatic heterocycles. The second kappa shape index (κ2) is 7.31. The van der Waals surface area contributed by atoms with Crippen LogP contribution in [0.3, 0.4) is 0 Å². The number of para-hydroxylation sites is 2. The molecule has 0 aliphatic heterocycles. The van der Waals surface area contributed by atoms with E-state index in [0.717, 1.165) is 10.1 Å². The number of hydrogen-bond acceptors (Lipinski definition) is 5. The van der Waals surface area contributed by atoms with Crippen LogP contribution in [0.4, 0.5) is 0 Å². The van der Waals surface area contributed by atoms with Gasteiger partial charge in [0.2, 0.25) is 0 Å². The summed E-state index contributed by atoms with van der Waals surface area (Å²) < 4.78 is 33.2. The van der Waals surface area contributed by atoms with Crippen LogP contribution < -0.4 is 10.4 Å². The van der Waals surface area contributed by atoms with E-state index in [1.54, 1.807) is 42.5 Å². The molecule has 4 aromatic rings. The fourth-order valence-corrected chi connectivity index (χ4v) is 4.62. The van der Waals surface area contributed by atoms with E-state index in [0.29, 0.717) is 9.72 Å². The Morgan fingerprint density at radius 2 is 1.47 bits per heavy atom. The minimum atomic E-state index is -4.21. The van der Waals surface area contributed by atoms with E-state index < -0.39 is 21.6 Å². The molecule has 0 radical (unpaired) electrons. The van der Waals surface area contributed by atoms with Crippen molar-refractivity contribution in [1.29, 1.82) is 0 Å². The third kappa shape index (κ3) is 3.11. The predicted octanol–water partition coefficient (Wildman–Crippen LogP) is 3.05. The highest BCUT2D eigenvalue weighted by Gasteiger charge is 2.27. The molecule has 7 nitrogen and oxygen atoms in total. The zero-order valence-electron chi connectivity index (χ0n) is 16.3. The largest absolute Gasteiger partial charge is 0.497 e. The van der Waals surface area contributed by atoms with E-state index in [1.807, 2.05) is 6.92 Å². The van der Waals surface area contributed by atoms with E-state index in [9.17, 15) is 18.0 Å². The number of hydrogen-bond donors (Lipinski definition) is 0. The van der Waals surface area contributed by atoms with Gasteiger partial charge in [0.25, 0.3) is 15.9 Å². The van der Waals surface area contributed by atoms with Crippen LogP contribution in [-0.4, -0.2) is 30.0 Å². The SMILES string of the molecule is COc1ccc(C(=O)n2c(=O)n(S(=O)(=O)c3ccc(C)cc3)c3ccccc32)cc1. The summed E-state index contributed by atoms with van der Waals surface area (Å²) in [6, 6.07) is 18.7. The molecule has 0 unspecified atom stereocenters. The lowest BCUT2D eigenvalue weighted by Gasteiger charge is -2.06. The van der Waals surface area contributed by atoms with E-state index in [-0.39, 0.29) is 21.5 Å². The number of rotatable bonds is 4. The number of carbonyl (C=O) groups is 1. The van der Waals surface area contributed by atoms with Gasteiger partial charge in [0.05, 0.1) is 23.0 Å². The number of benzene rings is 3. The maximum atomic E-state index is 13.3. The topological polar surface area (TPSA) is 87.4 Å². The van der Waals surface area contributed by atoms with E-state index in [4.69, 9.17) is 4.74 Å². The number of methoxy groups -OCH3 is 1. The van der Waals surface area contributed by atoms with Crippen LogP contribution in [0.25, 0.3) is 11.0 Å². The van der Waals surface area contributed by atoms with E-state index in [1.165, 1.54) is 37.4 Å². The average molecular weight is 422 g/mol. The van der Waals surface area contributed by atoms with Crippen LogP contribution in [0.1, 0.15) is 15.9 Å². The van der Waals surface area contributed by atoms with Gasteiger partial charge in [0.15, 0.2) is 0 Å². The molecular weight excluding hydrogens is 404 g/mol. The number of nitrogens with zero attached hydrogens (tertiary/aromatic N) is 2. The maximum Gasteiger partial charge on any atom is 0.350 e. The van der Waals surface area contributed by atoms with Crippen LogP contribution in [0.5, 0.6) is 5.75 Å². The number of aromatic nitrogens is 2. The predicted molar refractivity (Wildman–Crippen MR) is 113 cm³/mol. The molecule has 0 N–H and O–H groups in total. The quantitative estimate of drug-likeness (QED) is 0.504. The number of imidazole rings is 1. The maximum absolute atomic E-state index is 13.3. The van der Waals surface area contributed by atoms with E-state index in [2.05, 4.69) is 0 Å². The Bertz CT molecular complexity index is 1410. The van der Waals surface area contributed by atoms with Gasteiger partial charge in [-0.25, -0.2) is 17.8 Å². The van der Waals surface area contributed by atoms with Gasteiger partial charge in [-0.05, 0) is 55.5 Å². The first-order chi connectivity index (χ1) is 14.3. The molecule has 152 valence electrons. The van der Waals surface area contributed by atoms with Crippen molar-refractivity contribution in [3.05, 3.63) is 94.4 Å². The van der Waals surface area contributed by atoms with Crippen LogP contribution in [0, 0.1) is 6.92 Å². The third-order valence-electron chi connectivity index (χ3n) is 4.81. The highest BCUT2D eigenvalue weighted by Crippen LogP contribution is 2.21. The molecule has 0 aliphatic rings. The van der Waals surface area contributed by atoms with Crippen molar-refractivity contribution in [2.75, 3.05) is 7.11 Å². The van der Waals surface area contributed by atoms with Gasteiger partial charge >= 0.3 is 5.69 Å². The number of carbonyl (C=O) groups excluding carboxylic acids is 1. The average Bonchev–Trinajstić information content (AvgIpc) is 3.06. The number of ether oxygens (including phenoxy) is 1. The van der Waals surface area contributed by atoms with Crippen molar-refractivity contribution < 1.29 is 17.9 Å². The third-order valence-corrected chi connectivity index (χ3v) is 6.51. The van der Waals surface area contributed by atoms with Gasteiger partial charge in [-0.15, -0.1) is 0 Å². The molecule has 0 aliphatic carbocycles. The fourth-order valence-electron chi connectivity index (χ4n) is 3.23. The van der Waals surface area contributed by atoms with Crippen molar-refractivity contribution in [3.63, 3.8) is 0 Å². The van der Waals surface area contributed by atoms with Gasteiger partial charge in [-0.3, -0.25) is 4.79 Å². The Kier molecular flexibility index (Phi) is 4.79. The Labute approximate surface area is 172 Å². The summed E-state index contributed by atoms with van der Waals surface area (Å²) >= 11 is 0. The smallest absolute Gasteiger partial charge is 0.350 e. The highest BCUT2D eigenvalue weighted by atomic mass is 32.2. The monoisotopic (exact) mass is 422 g/mol. The molecule has 8 heteroatoms. The summed E-state index contributed by atoms with van der Waals surface area (Å²) in [5.41, 5.74) is 0.508. The minimum Gasteiger partial charge on any atom is -0.497 e. The van der Waals surface area contributed by atoms with Crippen molar-refractivity contribution in [3.8, 4) is 5.75 Å². The molecule has 0 spiro atoms. The molecule has 0 bridgehead atoms. The molecule has 0 fully saturated rings. The van der Waals surface area contributed by atoms with Crippen molar-refractivity contribution >= 4 is 27.0 Å². The second-order valence-corrected chi connectivity index (χ2v) is 8.51. The summed E-state index contributed by atoms with van der Waals surface area (Å²) in [5, 5.41) is 0. The van der Waals surface area contributed by atoms with Gasteiger partial charge < -0.3 is 4.74 Å². The Morgan fingerprint density at radius 1 is 0.867 bits per heavy atom. The van der Waals surface area contributed by atoms with Gasteiger partial charge in [0, 0.05) is 5.56 Å². The van der Waals surface area contributed by atoms with Crippen LogP contribution in [0.15, 0.2) is 82.5 Å². The Morgan fingerprint density at radius 3 is 2.07 bits per heavy atom. The first-order valence-corrected chi connectivity index (χ1v) is 10.5. The lowest BCUT2D eigenvalue weighted by Crippen LogP contribution is -2.33. The molecule has 30 heavy (non-hydrogen) atoms. The van der Waals surface area contributed by atoms with Gasteiger partial charge in [-0.2, -0.15) is 3.97 Å². The molecule has 0 saturated heterocycles. The van der Waals surface area contributed by atoms with Crippen LogP contribution >= 0.6 is 0 Å². The standard InChI is InChI=1S/C22H18N2O5S/c1-15-7-13-18(14-8-15)30(27,28)24-20-6-4-3-5-19(20)23(22(24)26)21(25)16-9-11-17(29-2)12-10-16/h3-14H,1-2H3. The first kappa shape index (κ1) is 19.7. The highest BCUT2D eigenvalue weighted by molar-refractivity contribution is 7.90. The molecular formula is C22H18N2O5S. The van der Waals surface area contributed by atoms with Crippen molar-refractivity contribution in [1.82, 2.24) is 8.54 Å². The zero-order chi connectivity index (χ0) is 21.5. The minimum absolute atomic E-state index is 0.0324. The summed E-state index contributed by atoms with van der Waals surface area (Å²) in [6.45, 7) is 1.84. The normalized spacial score (nSPS) is 11.5. The number of aryl methyl sites for hydroxylation is 1. The number of fused-ring (bicyclic) bond motifs is 1. The Balaban J connectivity index is 1.95.